The SMILES string of the molecule is CCCC(Cl)CCCc1nccn1C. The fourth-order valence-corrected chi connectivity index (χ4v) is 1.95. The molecule has 1 aromatic rings. The van der Waals surface area contributed by atoms with E-state index in [0.717, 1.165) is 31.5 Å². The van der Waals surface area contributed by atoms with Crippen molar-refractivity contribution in [3.63, 3.8) is 0 Å². The summed E-state index contributed by atoms with van der Waals surface area (Å²) < 4.78 is 2.07. The standard InChI is InChI=1S/C11H19ClN2/c1-3-5-10(12)6-4-7-11-13-8-9-14(11)2/h8-10H,3-7H2,1-2H3. The molecule has 0 saturated heterocycles. The van der Waals surface area contributed by atoms with E-state index in [1.165, 1.54) is 6.42 Å². The zero-order chi connectivity index (χ0) is 10.4. The highest BCUT2D eigenvalue weighted by molar-refractivity contribution is 6.20. The summed E-state index contributed by atoms with van der Waals surface area (Å²) in [7, 11) is 2.03. The molecule has 1 aromatic heterocycles. The average molecular weight is 215 g/mol. The summed E-state index contributed by atoms with van der Waals surface area (Å²) in [6.07, 6.45) is 9.41. The summed E-state index contributed by atoms with van der Waals surface area (Å²) in [5, 5.41) is 0.347. The van der Waals surface area contributed by atoms with Gasteiger partial charge in [-0.3, -0.25) is 0 Å². The molecule has 80 valence electrons. The van der Waals surface area contributed by atoms with Gasteiger partial charge in [-0.15, -0.1) is 11.6 Å². The first-order valence-electron chi connectivity index (χ1n) is 5.34. The molecule has 1 unspecified atom stereocenters. The largest absolute Gasteiger partial charge is 0.338 e. The fourth-order valence-electron chi connectivity index (χ4n) is 1.58. The van der Waals surface area contributed by atoms with Gasteiger partial charge in [0.05, 0.1) is 0 Å². The third kappa shape index (κ3) is 3.70. The molecule has 1 atom stereocenters. The Labute approximate surface area is 91.3 Å². The summed E-state index contributed by atoms with van der Waals surface area (Å²) in [6.45, 7) is 2.17. The van der Waals surface area contributed by atoms with Gasteiger partial charge in [-0.25, -0.2) is 4.98 Å². The molecule has 14 heavy (non-hydrogen) atoms. The van der Waals surface area contributed by atoms with Crippen molar-refractivity contribution in [3.05, 3.63) is 18.2 Å². The first-order chi connectivity index (χ1) is 6.74. The second-order valence-electron chi connectivity index (χ2n) is 3.73. The molecule has 0 aliphatic heterocycles. The molecule has 1 rings (SSSR count). The van der Waals surface area contributed by atoms with Crippen LogP contribution in [0.5, 0.6) is 0 Å². The third-order valence-corrected chi connectivity index (χ3v) is 2.88. The minimum Gasteiger partial charge on any atom is -0.338 e. The average Bonchev–Trinajstić information content (AvgIpc) is 2.52. The lowest BCUT2D eigenvalue weighted by molar-refractivity contribution is 0.621. The van der Waals surface area contributed by atoms with Gasteiger partial charge in [-0.2, -0.15) is 0 Å². The molecule has 0 aliphatic rings. The molecule has 0 aliphatic carbocycles. The predicted octanol–water partition coefficient (Wildman–Crippen LogP) is 3.15. The molecule has 0 radical (unpaired) electrons. The summed E-state index contributed by atoms with van der Waals surface area (Å²) in [5.74, 6) is 1.16. The van der Waals surface area contributed by atoms with Crippen LogP contribution in [-0.4, -0.2) is 14.9 Å². The molecule has 0 saturated carbocycles. The Balaban J connectivity index is 2.19. The van der Waals surface area contributed by atoms with Crippen molar-refractivity contribution in [1.82, 2.24) is 9.55 Å². The van der Waals surface area contributed by atoms with Crippen LogP contribution in [0.15, 0.2) is 12.4 Å². The Morgan fingerprint density at radius 2 is 2.29 bits per heavy atom. The van der Waals surface area contributed by atoms with Gasteiger partial charge in [0.15, 0.2) is 0 Å². The van der Waals surface area contributed by atoms with Crippen LogP contribution in [0.2, 0.25) is 0 Å². The first kappa shape index (κ1) is 11.6. The van der Waals surface area contributed by atoms with Crippen LogP contribution in [0.3, 0.4) is 0 Å². The number of imidazole rings is 1. The van der Waals surface area contributed by atoms with Crippen molar-refractivity contribution in [3.8, 4) is 0 Å². The van der Waals surface area contributed by atoms with Crippen LogP contribution >= 0.6 is 11.6 Å². The number of hydrogen-bond donors (Lipinski definition) is 0. The summed E-state index contributed by atoms with van der Waals surface area (Å²) in [4.78, 5) is 4.28. The lowest BCUT2D eigenvalue weighted by Crippen LogP contribution is -2.02. The van der Waals surface area contributed by atoms with E-state index in [1.807, 2.05) is 19.4 Å². The zero-order valence-electron chi connectivity index (χ0n) is 9.04. The van der Waals surface area contributed by atoms with Gasteiger partial charge in [0.2, 0.25) is 0 Å². The van der Waals surface area contributed by atoms with E-state index in [4.69, 9.17) is 11.6 Å². The normalized spacial score (nSPS) is 13.1. The zero-order valence-corrected chi connectivity index (χ0v) is 9.80. The highest BCUT2D eigenvalue weighted by Crippen LogP contribution is 2.13. The molecular formula is C11H19ClN2. The fraction of sp³-hybridized carbons (Fsp3) is 0.727. The number of halogens is 1. The maximum atomic E-state index is 6.13. The van der Waals surface area contributed by atoms with Crippen LogP contribution in [0, 0.1) is 0 Å². The molecule has 0 aromatic carbocycles. The molecule has 0 amide bonds. The van der Waals surface area contributed by atoms with Crippen LogP contribution in [0.25, 0.3) is 0 Å². The predicted molar refractivity (Wildman–Crippen MR) is 60.7 cm³/mol. The number of alkyl halides is 1. The van der Waals surface area contributed by atoms with Crippen molar-refractivity contribution in [2.45, 2.75) is 44.4 Å². The maximum absolute atomic E-state index is 6.13. The lowest BCUT2D eigenvalue weighted by Gasteiger charge is -2.07. The Morgan fingerprint density at radius 1 is 1.50 bits per heavy atom. The third-order valence-electron chi connectivity index (χ3n) is 2.44. The van der Waals surface area contributed by atoms with Gasteiger partial charge in [0.1, 0.15) is 5.82 Å². The highest BCUT2D eigenvalue weighted by atomic mass is 35.5. The molecule has 0 bridgehead atoms. The van der Waals surface area contributed by atoms with E-state index in [0.29, 0.717) is 5.38 Å². The van der Waals surface area contributed by atoms with E-state index >= 15 is 0 Å². The van der Waals surface area contributed by atoms with Gasteiger partial charge < -0.3 is 4.57 Å². The van der Waals surface area contributed by atoms with Gasteiger partial charge in [-0.1, -0.05) is 13.3 Å². The Morgan fingerprint density at radius 3 is 2.86 bits per heavy atom. The van der Waals surface area contributed by atoms with E-state index in [9.17, 15) is 0 Å². The summed E-state index contributed by atoms with van der Waals surface area (Å²) in [5.41, 5.74) is 0. The molecule has 3 heteroatoms. The second-order valence-corrected chi connectivity index (χ2v) is 4.35. The van der Waals surface area contributed by atoms with E-state index < -0.39 is 0 Å². The second kappa shape index (κ2) is 6.07. The first-order valence-corrected chi connectivity index (χ1v) is 5.78. The number of hydrogen-bond acceptors (Lipinski definition) is 1. The number of nitrogens with zero attached hydrogens (tertiary/aromatic N) is 2. The van der Waals surface area contributed by atoms with Crippen LogP contribution in [-0.2, 0) is 13.5 Å². The molecule has 0 fully saturated rings. The minimum absolute atomic E-state index is 0.347. The van der Waals surface area contributed by atoms with Crippen LogP contribution in [0.1, 0.15) is 38.4 Å². The van der Waals surface area contributed by atoms with Crippen LogP contribution in [0.4, 0.5) is 0 Å². The molecular weight excluding hydrogens is 196 g/mol. The van der Waals surface area contributed by atoms with Gasteiger partial charge in [0.25, 0.3) is 0 Å². The van der Waals surface area contributed by atoms with Gasteiger partial charge in [-0.05, 0) is 19.3 Å². The number of aromatic nitrogens is 2. The smallest absolute Gasteiger partial charge is 0.108 e. The van der Waals surface area contributed by atoms with Crippen LogP contribution < -0.4 is 0 Å². The van der Waals surface area contributed by atoms with E-state index in [1.54, 1.807) is 0 Å². The molecule has 0 N–H and O–H groups in total. The van der Waals surface area contributed by atoms with Gasteiger partial charge in [0, 0.05) is 31.2 Å². The van der Waals surface area contributed by atoms with Crippen molar-refractivity contribution in [2.24, 2.45) is 7.05 Å². The van der Waals surface area contributed by atoms with Gasteiger partial charge >= 0.3 is 0 Å². The maximum Gasteiger partial charge on any atom is 0.108 e. The quantitative estimate of drug-likeness (QED) is 0.666. The lowest BCUT2D eigenvalue weighted by atomic mass is 10.1. The van der Waals surface area contributed by atoms with Crippen molar-refractivity contribution < 1.29 is 0 Å². The molecule has 2 nitrogen and oxygen atoms in total. The Bertz CT molecular complexity index is 258. The Hall–Kier alpha value is -0.500. The van der Waals surface area contributed by atoms with E-state index in [-0.39, 0.29) is 0 Å². The van der Waals surface area contributed by atoms with Crippen molar-refractivity contribution in [2.75, 3.05) is 0 Å². The Kier molecular flexibility index (Phi) is 5.02. The molecule has 0 spiro atoms. The highest BCUT2D eigenvalue weighted by Gasteiger charge is 2.04. The topological polar surface area (TPSA) is 17.8 Å². The number of aryl methyl sites for hydroxylation is 2. The minimum atomic E-state index is 0.347. The summed E-state index contributed by atoms with van der Waals surface area (Å²) in [6, 6.07) is 0. The monoisotopic (exact) mass is 214 g/mol. The molecule has 1 heterocycles. The number of rotatable bonds is 6. The van der Waals surface area contributed by atoms with Crippen molar-refractivity contribution in [1.29, 1.82) is 0 Å². The summed E-state index contributed by atoms with van der Waals surface area (Å²) >= 11 is 6.13. The van der Waals surface area contributed by atoms with E-state index in [2.05, 4.69) is 16.5 Å². The van der Waals surface area contributed by atoms with Crippen molar-refractivity contribution >= 4 is 11.6 Å².